The van der Waals surface area contributed by atoms with Crippen LogP contribution in [-0.2, 0) is 4.74 Å². The van der Waals surface area contributed by atoms with Crippen molar-refractivity contribution in [2.75, 3.05) is 36.5 Å². The van der Waals surface area contributed by atoms with Crippen LogP contribution in [0.1, 0.15) is 11.3 Å². The Morgan fingerprint density at radius 2 is 1.95 bits per heavy atom. The maximum atomic E-state index is 6.17. The van der Waals surface area contributed by atoms with Gasteiger partial charge in [0.25, 0.3) is 0 Å². The van der Waals surface area contributed by atoms with Crippen LogP contribution in [0.4, 0.5) is 17.5 Å². The number of nitrogens with one attached hydrogen (secondary N) is 1. The van der Waals surface area contributed by atoms with Gasteiger partial charge in [0.2, 0.25) is 5.95 Å². The summed E-state index contributed by atoms with van der Waals surface area (Å²) in [5.74, 6) is 1.52. The molecule has 1 N–H and O–H groups in total. The topological polar surface area (TPSA) is 50.3 Å². The summed E-state index contributed by atoms with van der Waals surface area (Å²) < 4.78 is 5.38. The van der Waals surface area contributed by atoms with E-state index >= 15 is 0 Å². The molecule has 1 fully saturated rings. The van der Waals surface area contributed by atoms with Gasteiger partial charge in [0.1, 0.15) is 5.82 Å². The molecule has 1 aliphatic heterocycles. The van der Waals surface area contributed by atoms with Crippen molar-refractivity contribution in [2.45, 2.75) is 13.8 Å². The first-order valence-corrected chi connectivity index (χ1v) is 7.72. The number of nitrogens with zero attached hydrogens (tertiary/aromatic N) is 3. The zero-order chi connectivity index (χ0) is 15.5. The molecule has 0 bridgehead atoms. The number of benzene rings is 1. The number of hydrogen-bond donors (Lipinski definition) is 1. The van der Waals surface area contributed by atoms with Crippen molar-refractivity contribution in [1.82, 2.24) is 9.97 Å². The number of aryl methyl sites for hydroxylation is 1. The van der Waals surface area contributed by atoms with Gasteiger partial charge in [0.05, 0.1) is 13.2 Å². The number of aromatic nitrogens is 2. The van der Waals surface area contributed by atoms with E-state index in [0.29, 0.717) is 13.2 Å². The molecule has 1 saturated heterocycles. The molecule has 0 amide bonds. The Labute approximate surface area is 135 Å². The highest BCUT2D eigenvalue weighted by atomic mass is 35.5. The number of anilines is 3. The Morgan fingerprint density at radius 3 is 2.73 bits per heavy atom. The third-order valence-electron chi connectivity index (χ3n) is 3.67. The van der Waals surface area contributed by atoms with Crippen LogP contribution in [0, 0.1) is 13.8 Å². The molecule has 0 unspecified atom stereocenters. The Kier molecular flexibility index (Phi) is 4.45. The van der Waals surface area contributed by atoms with Crippen molar-refractivity contribution in [1.29, 1.82) is 0 Å². The third-order valence-corrected chi connectivity index (χ3v) is 4.08. The normalized spacial score (nSPS) is 15.0. The van der Waals surface area contributed by atoms with E-state index in [4.69, 9.17) is 16.3 Å². The zero-order valence-corrected chi connectivity index (χ0v) is 13.5. The third kappa shape index (κ3) is 3.31. The summed E-state index contributed by atoms with van der Waals surface area (Å²) in [5.41, 5.74) is 2.89. The monoisotopic (exact) mass is 318 g/mol. The van der Waals surface area contributed by atoms with Crippen LogP contribution < -0.4 is 10.2 Å². The summed E-state index contributed by atoms with van der Waals surface area (Å²) in [6, 6.07) is 7.73. The van der Waals surface area contributed by atoms with Gasteiger partial charge in [-0.15, -0.1) is 0 Å². The largest absolute Gasteiger partial charge is 0.378 e. The molecule has 1 aromatic carbocycles. The molecule has 2 heterocycles. The second-order valence-corrected chi connectivity index (χ2v) is 5.74. The fraction of sp³-hybridized carbons (Fsp3) is 0.375. The molecule has 1 aromatic heterocycles. The van der Waals surface area contributed by atoms with E-state index in [0.717, 1.165) is 46.8 Å². The van der Waals surface area contributed by atoms with Crippen molar-refractivity contribution < 1.29 is 4.74 Å². The lowest BCUT2D eigenvalue weighted by Gasteiger charge is -2.27. The van der Waals surface area contributed by atoms with Gasteiger partial charge >= 0.3 is 0 Å². The lowest BCUT2D eigenvalue weighted by atomic mass is 10.2. The minimum Gasteiger partial charge on any atom is -0.378 e. The van der Waals surface area contributed by atoms with Gasteiger partial charge in [-0.05, 0) is 31.5 Å². The Bertz CT molecular complexity index is 671. The van der Waals surface area contributed by atoms with Gasteiger partial charge in [0.15, 0.2) is 0 Å². The van der Waals surface area contributed by atoms with Gasteiger partial charge in [-0.3, -0.25) is 0 Å². The van der Waals surface area contributed by atoms with Gasteiger partial charge in [-0.1, -0.05) is 17.7 Å². The first-order valence-electron chi connectivity index (χ1n) is 7.34. The predicted octanol–water partition coefficient (Wildman–Crippen LogP) is 3.33. The number of ether oxygens (including phenoxy) is 1. The summed E-state index contributed by atoms with van der Waals surface area (Å²) in [6.45, 7) is 7.03. The molecule has 0 saturated carbocycles. The highest BCUT2D eigenvalue weighted by molar-refractivity contribution is 6.31. The molecule has 0 radical (unpaired) electrons. The van der Waals surface area contributed by atoms with Crippen LogP contribution in [-0.4, -0.2) is 36.3 Å². The Balaban J connectivity index is 1.87. The fourth-order valence-electron chi connectivity index (χ4n) is 2.40. The number of morpholine rings is 1. The molecule has 6 heteroatoms. The summed E-state index contributed by atoms with van der Waals surface area (Å²) in [7, 11) is 0. The number of hydrogen-bond acceptors (Lipinski definition) is 5. The van der Waals surface area contributed by atoms with Crippen molar-refractivity contribution in [2.24, 2.45) is 0 Å². The molecule has 0 aliphatic carbocycles. The molecule has 2 aromatic rings. The van der Waals surface area contributed by atoms with Crippen molar-refractivity contribution >= 4 is 29.1 Å². The van der Waals surface area contributed by atoms with E-state index in [1.54, 1.807) is 0 Å². The second-order valence-electron chi connectivity index (χ2n) is 5.33. The minimum absolute atomic E-state index is 0.716. The molecular formula is C16H19ClN4O. The molecule has 22 heavy (non-hydrogen) atoms. The number of halogens is 1. The van der Waals surface area contributed by atoms with E-state index in [2.05, 4.69) is 20.2 Å². The van der Waals surface area contributed by atoms with Gasteiger partial charge in [0, 0.05) is 35.6 Å². The smallest absolute Gasteiger partial charge is 0.227 e. The molecule has 1 aliphatic rings. The van der Waals surface area contributed by atoms with Crippen molar-refractivity contribution in [3.8, 4) is 0 Å². The quantitative estimate of drug-likeness (QED) is 0.940. The lowest BCUT2D eigenvalue weighted by Crippen LogP contribution is -2.37. The van der Waals surface area contributed by atoms with E-state index in [-0.39, 0.29) is 0 Å². The van der Waals surface area contributed by atoms with E-state index in [1.165, 1.54) is 0 Å². The summed E-state index contributed by atoms with van der Waals surface area (Å²) >= 11 is 6.17. The maximum absolute atomic E-state index is 6.17. The van der Waals surface area contributed by atoms with Crippen LogP contribution in [0.25, 0.3) is 0 Å². The van der Waals surface area contributed by atoms with Crippen LogP contribution in [0.3, 0.4) is 0 Å². The molecule has 116 valence electrons. The summed E-state index contributed by atoms with van der Waals surface area (Å²) in [5, 5.41) is 4.08. The standard InChI is InChI=1S/C16H19ClN4O/c1-11-10-15(19-14-5-3-4-13(17)12(14)2)20-16(18-11)21-6-8-22-9-7-21/h3-5,10H,6-9H2,1-2H3,(H,18,19,20). The first kappa shape index (κ1) is 15.1. The average Bonchev–Trinajstić information content (AvgIpc) is 2.52. The average molecular weight is 319 g/mol. The highest BCUT2D eigenvalue weighted by Gasteiger charge is 2.15. The SMILES string of the molecule is Cc1cc(Nc2cccc(Cl)c2C)nc(N2CCOCC2)n1. The lowest BCUT2D eigenvalue weighted by molar-refractivity contribution is 0.122. The Hall–Kier alpha value is -1.85. The molecular weight excluding hydrogens is 300 g/mol. The molecule has 5 nitrogen and oxygen atoms in total. The second kappa shape index (κ2) is 6.50. The highest BCUT2D eigenvalue weighted by Crippen LogP contribution is 2.26. The predicted molar refractivity (Wildman–Crippen MR) is 89.3 cm³/mol. The summed E-state index contributed by atoms with van der Waals surface area (Å²) in [4.78, 5) is 11.3. The molecule has 0 atom stereocenters. The van der Waals surface area contributed by atoms with Crippen LogP contribution >= 0.6 is 11.6 Å². The van der Waals surface area contributed by atoms with Crippen LogP contribution in [0.15, 0.2) is 24.3 Å². The molecule has 3 rings (SSSR count). The zero-order valence-electron chi connectivity index (χ0n) is 12.8. The Morgan fingerprint density at radius 1 is 1.18 bits per heavy atom. The summed E-state index contributed by atoms with van der Waals surface area (Å²) in [6.07, 6.45) is 0. The van der Waals surface area contributed by atoms with E-state index < -0.39 is 0 Å². The van der Waals surface area contributed by atoms with Crippen LogP contribution in [0.5, 0.6) is 0 Å². The van der Waals surface area contributed by atoms with Crippen molar-refractivity contribution in [3.63, 3.8) is 0 Å². The maximum Gasteiger partial charge on any atom is 0.227 e. The van der Waals surface area contributed by atoms with Gasteiger partial charge in [-0.2, -0.15) is 4.98 Å². The first-order chi connectivity index (χ1) is 10.6. The molecule has 0 spiro atoms. The fourth-order valence-corrected chi connectivity index (χ4v) is 2.58. The van der Waals surface area contributed by atoms with Gasteiger partial charge < -0.3 is 15.0 Å². The van der Waals surface area contributed by atoms with Gasteiger partial charge in [-0.25, -0.2) is 4.98 Å². The van der Waals surface area contributed by atoms with E-state index in [1.807, 2.05) is 38.1 Å². The number of rotatable bonds is 3. The minimum atomic E-state index is 0.716. The van der Waals surface area contributed by atoms with Crippen LogP contribution in [0.2, 0.25) is 5.02 Å². The van der Waals surface area contributed by atoms with E-state index in [9.17, 15) is 0 Å². The van der Waals surface area contributed by atoms with Crippen molar-refractivity contribution in [3.05, 3.63) is 40.5 Å².